The van der Waals surface area contributed by atoms with Crippen molar-refractivity contribution in [3.05, 3.63) is 33.2 Å². The summed E-state index contributed by atoms with van der Waals surface area (Å²) in [6.45, 7) is 6.09. The van der Waals surface area contributed by atoms with Gasteiger partial charge in [0.15, 0.2) is 0 Å². The van der Waals surface area contributed by atoms with Crippen LogP contribution in [-0.2, 0) is 9.53 Å². The number of carbonyl (C=O) groups is 1. The SMILES string of the molecule is CCOC(=O)C(CC(C)C)n1cc(Br)ccc1=O. The molecule has 0 fully saturated rings. The third-order valence-corrected chi connectivity index (χ3v) is 2.96. The number of rotatable bonds is 5. The number of esters is 1. The topological polar surface area (TPSA) is 48.3 Å². The zero-order valence-electron chi connectivity index (χ0n) is 10.9. The Morgan fingerprint density at radius 2 is 2.11 bits per heavy atom. The lowest BCUT2D eigenvalue weighted by Crippen LogP contribution is -2.31. The molecule has 1 rings (SSSR count). The number of hydrogen-bond acceptors (Lipinski definition) is 3. The number of ether oxygens (including phenoxy) is 1. The summed E-state index contributed by atoms with van der Waals surface area (Å²) >= 11 is 3.31. The molecule has 0 N–H and O–H groups in total. The summed E-state index contributed by atoms with van der Waals surface area (Å²) in [5, 5.41) is 0. The van der Waals surface area contributed by atoms with Crippen LogP contribution in [0.25, 0.3) is 0 Å². The van der Waals surface area contributed by atoms with Crippen molar-refractivity contribution in [3.63, 3.8) is 0 Å². The molecule has 0 amide bonds. The van der Waals surface area contributed by atoms with E-state index >= 15 is 0 Å². The van der Waals surface area contributed by atoms with Gasteiger partial charge < -0.3 is 9.30 Å². The summed E-state index contributed by atoms with van der Waals surface area (Å²) in [6.07, 6.45) is 2.21. The Labute approximate surface area is 115 Å². The molecule has 100 valence electrons. The first-order valence-corrected chi connectivity index (χ1v) is 6.79. The summed E-state index contributed by atoms with van der Waals surface area (Å²) in [7, 11) is 0. The molecule has 1 heterocycles. The largest absolute Gasteiger partial charge is 0.464 e. The molecule has 0 aliphatic rings. The van der Waals surface area contributed by atoms with E-state index in [1.54, 1.807) is 19.2 Å². The van der Waals surface area contributed by atoms with E-state index in [-0.39, 0.29) is 11.5 Å². The van der Waals surface area contributed by atoms with Gasteiger partial charge in [-0.1, -0.05) is 13.8 Å². The number of halogens is 1. The predicted octanol–water partition coefficient (Wildman–Crippen LogP) is 2.76. The lowest BCUT2D eigenvalue weighted by molar-refractivity contribution is -0.147. The summed E-state index contributed by atoms with van der Waals surface area (Å²) in [6, 6.07) is 2.54. The molecule has 0 bridgehead atoms. The Bertz CT molecular complexity index is 468. The fraction of sp³-hybridized carbons (Fsp3) is 0.538. The smallest absolute Gasteiger partial charge is 0.329 e. The Morgan fingerprint density at radius 1 is 1.44 bits per heavy atom. The van der Waals surface area contributed by atoms with Gasteiger partial charge >= 0.3 is 5.97 Å². The molecule has 18 heavy (non-hydrogen) atoms. The maximum atomic E-state index is 11.9. The van der Waals surface area contributed by atoms with Crippen molar-refractivity contribution in [1.82, 2.24) is 4.57 Å². The highest BCUT2D eigenvalue weighted by molar-refractivity contribution is 9.10. The molecule has 5 heteroatoms. The standard InChI is InChI=1S/C13H18BrNO3/c1-4-18-13(17)11(7-9(2)3)15-8-10(14)5-6-12(15)16/h5-6,8-9,11H,4,7H2,1-3H3. The lowest BCUT2D eigenvalue weighted by atomic mass is 10.0. The summed E-state index contributed by atoms with van der Waals surface area (Å²) in [5.74, 6) is -0.0586. The van der Waals surface area contributed by atoms with Gasteiger partial charge in [-0.25, -0.2) is 4.79 Å². The molecule has 1 aromatic heterocycles. The summed E-state index contributed by atoms with van der Waals surface area (Å²) in [4.78, 5) is 23.8. The first-order chi connectivity index (χ1) is 8.45. The van der Waals surface area contributed by atoms with E-state index < -0.39 is 6.04 Å². The molecule has 0 saturated heterocycles. The van der Waals surface area contributed by atoms with Crippen LogP contribution in [-0.4, -0.2) is 17.1 Å². The summed E-state index contributed by atoms with van der Waals surface area (Å²) < 4.78 is 7.24. The van der Waals surface area contributed by atoms with E-state index in [0.717, 1.165) is 4.47 Å². The molecule has 0 radical (unpaired) electrons. The second kappa shape index (κ2) is 6.73. The van der Waals surface area contributed by atoms with Crippen LogP contribution in [0, 0.1) is 5.92 Å². The minimum atomic E-state index is -0.560. The normalized spacial score (nSPS) is 12.5. The molecular weight excluding hydrogens is 298 g/mol. The molecule has 1 unspecified atom stereocenters. The van der Waals surface area contributed by atoms with Gasteiger partial charge in [-0.05, 0) is 41.3 Å². The van der Waals surface area contributed by atoms with Crippen molar-refractivity contribution in [2.75, 3.05) is 6.61 Å². The monoisotopic (exact) mass is 315 g/mol. The highest BCUT2D eigenvalue weighted by atomic mass is 79.9. The fourth-order valence-electron chi connectivity index (χ4n) is 1.73. The van der Waals surface area contributed by atoms with E-state index in [1.807, 2.05) is 13.8 Å². The molecule has 1 aromatic rings. The van der Waals surface area contributed by atoms with E-state index in [2.05, 4.69) is 15.9 Å². The van der Waals surface area contributed by atoms with Gasteiger partial charge in [0.25, 0.3) is 5.56 Å². The molecule has 0 aromatic carbocycles. The van der Waals surface area contributed by atoms with E-state index in [4.69, 9.17) is 4.74 Å². The van der Waals surface area contributed by atoms with Crippen LogP contribution in [0.4, 0.5) is 0 Å². The van der Waals surface area contributed by atoms with Gasteiger partial charge in [0.05, 0.1) is 6.61 Å². The van der Waals surface area contributed by atoms with Crippen LogP contribution in [0.3, 0.4) is 0 Å². The van der Waals surface area contributed by atoms with Crippen molar-refractivity contribution >= 4 is 21.9 Å². The van der Waals surface area contributed by atoms with Gasteiger partial charge in [-0.2, -0.15) is 0 Å². The Kier molecular flexibility index (Phi) is 5.59. The van der Waals surface area contributed by atoms with E-state index in [9.17, 15) is 9.59 Å². The molecule has 0 spiro atoms. The third-order valence-electron chi connectivity index (χ3n) is 2.49. The zero-order valence-corrected chi connectivity index (χ0v) is 12.4. The van der Waals surface area contributed by atoms with Crippen molar-refractivity contribution in [2.24, 2.45) is 5.92 Å². The fourth-order valence-corrected chi connectivity index (χ4v) is 2.08. The van der Waals surface area contributed by atoms with Crippen LogP contribution in [0.15, 0.2) is 27.6 Å². The van der Waals surface area contributed by atoms with Gasteiger partial charge in [-0.15, -0.1) is 0 Å². The Balaban J connectivity index is 3.12. The minimum absolute atomic E-state index is 0.197. The van der Waals surface area contributed by atoms with Crippen LogP contribution in [0.1, 0.15) is 33.2 Å². The molecule has 0 aliphatic carbocycles. The number of pyridine rings is 1. The molecule has 4 nitrogen and oxygen atoms in total. The van der Waals surface area contributed by atoms with Crippen molar-refractivity contribution in [2.45, 2.75) is 33.2 Å². The number of carbonyl (C=O) groups excluding carboxylic acids is 1. The predicted molar refractivity (Wildman–Crippen MR) is 73.5 cm³/mol. The quantitative estimate of drug-likeness (QED) is 0.785. The van der Waals surface area contributed by atoms with Gasteiger partial charge in [0, 0.05) is 16.7 Å². The number of hydrogen-bond donors (Lipinski definition) is 0. The average molecular weight is 316 g/mol. The highest BCUT2D eigenvalue weighted by Gasteiger charge is 2.23. The second-order valence-electron chi connectivity index (χ2n) is 4.49. The van der Waals surface area contributed by atoms with Crippen molar-refractivity contribution < 1.29 is 9.53 Å². The molecule has 0 saturated carbocycles. The van der Waals surface area contributed by atoms with Crippen molar-refractivity contribution in [3.8, 4) is 0 Å². The number of aromatic nitrogens is 1. The second-order valence-corrected chi connectivity index (χ2v) is 5.41. The first-order valence-electron chi connectivity index (χ1n) is 6.00. The zero-order chi connectivity index (χ0) is 13.7. The maximum absolute atomic E-state index is 11.9. The maximum Gasteiger partial charge on any atom is 0.329 e. The third kappa shape index (κ3) is 3.98. The average Bonchev–Trinajstić information content (AvgIpc) is 2.29. The lowest BCUT2D eigenvalue weighted by Gasteiger charge is -2.20. The van der Waals surface area contributed by atoms with Crippen LogP contribution in [0.2, 0.25) is 0 Å². The molecule has 0 aliphatic heterocycles. The van der Waals surface area contributed by atoms with Crippen LogP contribution in [0.5, 0.6) is 0 Å². The van der Waals surface area contributed by atoms with Crippen LogP contribution < -0.4 is 5.56 Å². The van der Waals surface area contributed by atoms with Crippen molar-refractivity contribution in [1.29, 1.82) is 0 Å². The van der Waals surface area contributed by atoms with Crippen LogP contribution >= 0.6 is 15.9 Å². The van der Waals surface area contributed by atoms with E-state index in [0.29, 0.717) is 18.9 Å². The highest BCUT2D eigenvalue weighted by Crippen LogP contribution is 2.19. The molecule has 1 atom stereocenters. The Morgan fingerprint density at radius 3 is 2.67 bits per heavy atom. The van der Waals surface area contributed by atoms with Gasteiger partial charge in [0.1, 0.15) is 6.04 Å². The van der Waals surface area contributed by atoms with Gasteiger partial charge in [0.2, 0.25) is 0 Å². The first kappa shape index (κ1) is 15.0. The minimum Gasteiger partial charge on any atom is -0.464 e. The van der Waals surface area contributed by atoms with Gasteiger partial charge in [-0.3, -0.25) is 4.79 Å². The number of nitrogens with zero attached hydrogens (tertiary/aromatic N) is 1. The molecular formula is C13H18BrNO3. The van der Waals surface area contributed by atoms with E-state index in [1.165, 1.54) is 10.6 Å². The Hall–Kier alpha value is -1.10. The summed E-state index contributed by atoms with van der Waals surface area (Å²) in [5.41, 5.74) is -0.197.